The summed E-state index contributed by atoms with van der Waals surface area (Å²) >= 11 is 4.66. The fourth-order valence-electron chi connectivity index (χ4n) is 1.50. The smallest absolute Gasteiger partial charge is 0.279 e. The number of halogens is 1. The van der Waals surface area contributed by atoms with Crippen LogP contribution in [0, 0.1) is 0 Å². The highest BCUT2D eigenvalue weighted by Crippen LogP contribution is 2.42. The average Bonchev–Trinajstić information content (AvgIpc) is 2.82. The van der Waals surface area contributed by atoms with E-state index in [0.717, 1.165) is 4.60 Å². The maximum atomic E-state index is 5.65. The molecule has 2 aromatic rings. The Hall–Kier alpha value is -1.47. The first-order chi connectivity index (χ1) is 9.17. The summed E-state index contributed by atoms with van der Waals surface area (Å²) in [6.45, 7) is 0. The van der Waals surface area contributed by atoms with Crippen LogP contribution in [0.4, 0.5) is 0 Å². The van der Waals surface area contributed by atoms with Crippen LogP contribution in [0.15, 0.2) is 22.1 Å². The quantitative estimate of drug-likeness (QED) is 0.826. The van der Waals surface area contributed by atoms with E-state index in [9.17, 15) is 0 Å². The van der Waals surface area contributed by atoms with Gasteiger partial charge in [0, 0.05) is 17.5 Å². The van der Waals surface area contributed by atoms with Crippen LogP contribution in [0.1, 0.15) is 0 Å². The first-order valence-corrected chi connectivity index (χ1v) is 6.94. The zero-order valence-electron chi connectivity index (χ0n) is 10.6. The Balaban J connectivity index is 2.35. The van der Waals surface area contributed by atoms with Crippen molar-refractivity contribution in [3.8, 4) is 28.2 Å². The van der Waals surface area contributed by atoms with Gasteiger partial charge in [-0.15, -0.1) is 0 Å². The Bertz CT molecular complexity index is 548. The molecule has 2 rings (SSSR count). The molecule has 1 heterocycles. The number of aromatic nitrogens is 1. The summed E-state index contributed by atoms with van der Waals surface area (Å²) in [5.41, 5.74) is 0. The molecule has 102 valence electrons. The van der Waals surface area contributed by atoms with E-state index >= 15 is 0 Å². The van der Waals surface area contributed by atoms with Crippen molar-refractivity contribution >= 4 is 27.3 Å². The van der Waals surface area contributed by atoms with Gasteiger partial charge in [-0.25, -0.2) is 0 Å². The minimum Gasteiger partial charge on any atom is -0.493 e. The summed E-state index contributed by atoms with van der Waals surface area (Å²) < 4.78 is 22.1. The molecular weight excluding hydrogens is 334 g/mol. The molecular formula is C12H12BrNO4S. The van der Waals surface area contributed by atoms with Gasteiger partial charge < -0.3 is 18.9 Å². The number of ether oxygens (including phenoxy) is 4. The lowest BCUT2D eigenvalue weighted by Gasteiger charge is -2.13. The van der Waals surface area contributed by atoms with E-state index in [2.05, 4.69) is 20.9 Å². The normalized spacial score (nSPS) is 10.1. The van der Waals surface area contributed by atoms with Crippen molar-refractivity contribution in [1.29, 1.82) is 0 Å². The molecule has 7 heteroatoms. The number of hydrogen-bond acceptors (Lipinski definition) is 6. The molecule has 0 bridgehead atoms. The fraction of sp³-hybridized carbons (Fsp3) is 0.250. The summed E-state index contributed by atoms with van der Waals surface area (Å²) in [5, 5.41) is 2.37. The predicted molar refractivity (Wildman–Crippen MR) is 76.0 cm³/mol. The molecule has 1 aromatic carbocycles. The van der Waals surface area contributed by atoms with Crippen molar-refractivity contribution < 1.29 is 18.9 Å². The predicted octanol–water partition coefficient (Wildman–Crippen LogP) is 3.72. The van der Waals surface area contributed by atoms with E-state index in [0.29, 0.717) is 28.2 Å². The summed E-state index contributed by atoms with van der Waals surface area (Å²) in [5.74, 6) is 2.16. The van der Waals surface area contributed by atoms with Gasteiger partial charge in [0.05, 0.1) is 21.3 Å². The molecule has 0 aliphatic heterocycles. The summed E-state index contributed by atoms with van der Waals surface area (Å²) in [4.78, 5) is 4.16. The Morgan fingerprint density at radius 1 is 1.05 bits per heavy atom. The summed E-state index contributed by atoms with van der Waals surface area (Å²) in [7, 11) is 4.67. The largest absolute Gasteiger partial charge is 0.493 e. The number of rotatable bonds is 5. The van der Waals surface area contributed by atoms with Crippen LogP contribution in [0.2, 0.25) is 0 Å². The van der Waals surface area contributed by atoms with E-state index in [-0.39, 0.29) is 0 Å². The highest BCUT2D eigenvalue weighted by molar-refractivity contribution is 9.10. The van der Waals surface area contributed by atoms with Gasteiger partial charge in [-0.1, -0.05) is 11.3 Å². The standard InChI is InChI=1S/C12H12BrNO4S/c1-15-8-4-7(5-9(16-2)11(8)17-3)18-12-14-10(13)6-19-12/h4-6H,1-3H3. The van der Waals surface area contributed by atoms with Gasteiger partial charge in [0.1, 0.15) is 10.4 Å². The van der Waals surface area contributed by atoms with E-state index < -0.39 is 0 Å². The van der Waals surface area contributed by atoms with Crippen molar-refractivity contribution in [1.82, 2.24) is 4.98 Å². The minimum atomic E-state index is 0.526. The molecule has 0 aliphatic rings. The molecule has 0 atom stereocenters. The number of methoxy groups -OCH3 is 3. The number of benzene rings is 1. The highest BCUT2D eigenvalue weighted by atomic mass is 79.9. The van der Waals surface area contributed by atoms with Gasteiger partial charge in [-0.2, -0.15) is 4.98 Å². The van der Waals surface area contributed by atoms with Gasteiger partial charge >= 0.3 is 0 Å². The molecule has 19 heavy (non-hydrogen) atoms. The van der Waals surface area contributed by atoms with Crippen molar-refractivity contribution in [2.45, 2.75) is 0 Å². The average molecular weight is 346 g/mol. The molecule has 0 radical (unpaired) electrons. The molecule has 0 N–H and O–H groups in total. The number of thiazole rings is 1. The van der Waals surface area contributed by atoms with Crippen LogP contribution in [-0.2, 0) is 0 Å². The van der Waals surface area contributed by atoms with E-state index in [1.54, 1.807) is 33.5 Å². The zero-order valence-corrected chi connectivity index (χ0v) is 13.0. The first kappa shape index (κ1) is 14.0. The molecule has 0 unspecified atom stereocenters. The van der Waals surface area contributed by atoms with Gasteiger partial charge in [-0.3, -0.25) is 0 Å². The van der Waals surface area contributed by atoms with Crippen molar-refractivity contribution in [2.24, 2.45) is 0 Å². The van der Waals surface area contributed by atoms with Crippen LogP contribution < -0.4 is 18.9 Å². The maximum absolute atomic E-state index is 5.65. The zero-order chi connectivity index (χ0) is 13.8. The van der Waals surface area contributed by atoms with Gasteiger partial charge in [-0.05, 0) is 15.9 Å². The van der Waals surface area contributed by atoms with Crippen molar-refractivity contribution in [3.05, 3.63) is 22.1 Å². The monoisotopic (exact) mass is 345 g/mol. The molecule has 0 saturated carbocycles. The lowest BCUT2D eigenvalue weighted by atomic mass is 10.2. The third-order valence-corrected chi connectivity index (χ3v) is 3.73. The molecule has 1 aromatic heterocycles. The van der Waals surface area contributed by atoms with Crippen LogP contribution in [0.3, 0.4) is 0 Å². The van der Waals surface area contributed by atoms with Gasteiger partial charge in [0.15, 0.2) is 11.5 Å². The van der Waals surface area contributed by atoms with Crippen molar-refractivity contribution in [3.63, 3.8) is 0 Å². The molecule has 0 spiro atoms. The number of nitrogens with zero attached hydrogens (tertiary/aromatic N) is 1. The second-order valence-electron chi connectivity index (χ2n) is 3.40. The summed E-state index contributed by atoms with van der Waals surface area (Å²) in [6, 6.07) is 3.44. The summed E-state index contributed by atoms with van der Waals surface area (Å²) in [6.07, 6.45) is 0. The van der Waals surface area contributed by atoms with Crippen LogP contribution in [0.25, 0.3) is 0 Å². The molecule has 5 nitrogen and oxygen atoms in total. The molecule has 0 fully saturated rings. The van der Waals surface area contributed by atoms with E-state index in [4.69, 9.17) is 18.9 Å². The van der Waals surface area contributed by atoms with Crippen LogP contribution >= 0.6 is 27.3 Å². The lowest BCUT2D eigenvalue weighted by molar-refractivity contribution is 0.321. The Labute approximate surface area is 123 Å². The SMILES string of the molecule is COc1cc(Oc2nc(Br)cs2)cc(OC)c1OC. The third kappa shape index (κ3) is 3.10. The molecule has 0 amide bonds. The minimum absolute atomic E-state index is 0.526. The number of hydrogen-bond donors (Lipinski definition) is 0. The second-order valence-corrected chi connectivity index (χ2v) is 5.03. The van der Waals surface area contributed by atoms with Crippen LogP contribution in [0.5, 0.6) is 28.2 Å². The fourth-order valence-corrected chi connectivity index (χ4v) is 2.61. The van der Waals surface area contributed by atoms with Gasteiger partial charge in [0.2, 0.25) is 5.75 Å². The Morgan fingerprint density at radius 3 is 2.11 bits per heavy atom. The first-order valence-electron chi connectivity index (χ1n) is 5.26. The third-order valence-electron chi connectivity index (χ3n) is 2.30. The maximum Gasteiger partial charge on any atom is 0.279 e. The highest BCUT2D eigenvalue weighted by Gasteiger charge is 2.15. The Kier molecular flexibility index (Phi) is 4.49. The molecule has 0 aliphatic carbocycles. The lowest BCUT2D eigenvalue weighted by Crippen LogP contribution is -1.96. The van der Waals surface area contributed by atoms with Crippen LogP contribution in [-0.4, -0.2) is 26.3 Å². The van der Waals surface area contributed by atoms with Crippen molar-refractivity contribution in [2.75, 3.05) is 21.3 Å². The van der Waals surface area contributed by atoms with E-state index in [1.165, 1.54) is 11.3 Å². The Morgan fingerprint density at radius 2 is 1.68 bits per heavy atom. The van der Waals surface area contributed by atoms with E-state index in [1.807, 2.05) is 5.38 Å². The molecule has 0 saturated heterocycles. The second kappa shape index (κ2) is 6.12. The topological polar surface area (TPSA) is 49.8 Å². The van der Waals surface area contributed by atoms with Gasteiger partial charge in [0.25, 0.3) is 5.19 Å².